The van der Waals surface area contributed by atoms with Gasteiger partial charge < -0.3 is 4.74 Å². The van der Waals surface area contributed by atoms with E-state index in [4.69, 9.17) is 4.74 Å². The molecule has 5 heteroatoms. The van der Waals surface area contributed by atoms with E-state index in [1.165, 1.54) is 7.11 Å². The molecule has 0 radical (unpaired) electrons. The zero-order valence-corrected chi connectivity index (χ0v) is 10.7. The van der Waals surface area contributed by atoms with E-state index in [2.05, 4.69) is 0 Å². The Morgan fingerprint density at radius 2 is 1.79 bits per heavy atom. The third-order valence-corrected chi connectivity index (χ3v) is 3.15. The van der Waals surface area contributed by atoms with Gasteiger partial charge in [-0.2, -0.15) is 0 Å². The molecule has 1 fully saturated rings. The minimum Gasteiger partial charge on any atom is -0.467 e. The highest BCUT2D eigenvalue weighted by molar-refractivity contribution is 6.05. The van der Waals surface area contributed by atoms with Gasteiger partial charge in [-0.25, -0.2) is 4.79 Å². The summed E-state index contributed by atoms with van der Waals surface area (Å²) in [5.74, 6) is -1.18. The molecule has 0 unspecified atom stereocenters. The largest absolute Gasteiger partial charge is 0.467 e. The minimum atomic E-state index is -0.866. The Morgan fingerprint density at radius 1 is 1.21 bits per heavy atom. The molecule has 0 aromatic heterocycles. The fourth-order valence-corrected chi connectivity index (χ4v) is 2.19. The van der Waals surface area contributed by atoms with Crippen molar-refractivity contribution in [2.45, 2.75) is 25.3 Å². The number of methoxy groups -OCH3 is 1. The Labute approximate surface area is 111 Å². The van der Waals surface area contributed by atoms with E-state index in [1.54, 1.807) is 0 Å². The van der Waals surface area contributed by atoms with Crippen LogP contribution in [0.2, 0.25) is 0 Å². The summed E-state index contributed by atoms with van der Waals surface area (Å²) < 4.78 is 4.71. The van der Waals surface area contributed by atoms with Crippen molar-refractivity contribution < 1.29 is 19.1 Å². The van der Waals surface area contributed by atoms with Crippen molar-refractivity contribution in [3.8, 4) is 0 Å². The highest BCUT2D eigenvalue weighted by Gasteiger charge is 2.39. The first-order valence-corrected chi connectivity index (χ1v) is 6.10. The van der Waals surface area contributed by atoms with Gasteiger partial charge in [0.15, 0.2) is 0 Å². The number of imide groups is 1. The van der Waals surface area contributed by atoms with Crippen LogP contribution in [0, 0.1) is 0 Å². The van der Waals surface area contributed by atoms with Crippen molar-refractivity contribution in [3.05, 3.63) is 35.9 Å². The van der Waals surface area contributed by atoms with Crippen molar-refractivity contribution in [3.63, 3.8) is 0 Å². The molecule has 0 bridgehead atoms. The van der Waals surface area contributed by atoms with Gasteiger partial charge >= 0.3 is 5.97 Å². The summed E-state index contributed by atoms with van der Waals surface area (Å²) in [6.07, 6.45) is 0.618. The molecule has 2 amide bonds. The summed E-state index contributed by atoms with van der Waals surface area (Å²) in [4.78, 5) is 36.3. The predicted molar refractivity (Wildman–Crippen MR) is 67.0 cm³/mol. The molecule has 100 valence electrons. The Morgan fingerprint density at radius 3 is 2.32 bits per heavy atom. The van der Waals surface area contributed by atoms with E-state index in [0.717, 1.165) is 10.5 Å². The number of likely N-dealkylation sites (tertiary alicyclic amines) is 1. The maximum atomic E-state index is 11.8. The van der Waals surface area contributed by atoms with Gasteiger partial charge in [0.2, 0.25) is 11.8 Å². The van der Waals surface area contributed by atoms with Crippen LogP contribution >= 0.6 is 0 Å². The van der Waals surface area contributed by atoms with E-state index >= 15 is 0 Å². The number of ether oxygens (including phenoxy) is 1. The average Bonchev–Trinajstić information content (AvgIpc) is 2.76. The number of rotatable bonds is 4. The van der Waals surface area contributed by atoms with Gasteiger partial charge in [-0.3, -0.25) is 14.5 Å². The second-order valence-corrected chi connectivity index (χ2v) is 4.39. The highest BCUT2D eigenvalue weighted by atomic mass is 16.5. The number of benzene rings is 1. The molecule has 0 aliphatic carbocycles. The molecule has 1 heterocycles. The van der Waals surface area contributed by atoms with Crippen LogP contribution in [0.25, 0.3) is 0 Å². The van der Waals surface area contributed by atoms with E-state index in [1.807, 2.05) is 30.3 Å². The Kier molecular flexibility index (Phi) is 3.94. The van der Waals surface area contributed by atoms with E-state index in [9.17, 15) is 14.4 Å². The lowest BCUT2D eigenvalue weighted by Gasteiger charge is -2.23. The monoisotopic (exact) mass is 261 g/mol. The zero-order valence-electron chi connectivity index (χ0n) is 10.7. The third kappa shape index (κ3) is 2.81. The van der Waals surface area contributed by atoms with Gasteiger partial charge in [-0.1, -0.05) is 30.3 Å². The average molecular weight is 261 g/mol. The minimum absolute atomic E-state index is 0.168. The van der Waals surface area contributed by atoms with Gasteiger partial charge in [0.05, 0.1) is 7.11 Å². The quantitative estimate of drug-likeness (QED) is 0.597. The van der Waals surface area contributed by atoms with Gasteiger partial charge in [0.1, 0.15) is 6.04 Å². The summed E-state index contributed by atoms with van der Waals surface area (Å²) >= 11 is 0. The molecule has 1 aromatic rings. The number of hydrogen-bond donors (Lipinski definition) is 0. The SMILES string of the molecule is COC(=O)[C@H](Cc1ccccc1)N1C(=O)CCC1=O. The van der Waals surface area contributed by atoms with E-state index < -0.39 is 12.0 Å². The van der Waals surface area contributed by atoms with Crippen molar-refractivity contribution in [1.82, 2.24) is 4.90 Å². The summed E-state index contributed by atoms with van der Waals surface area (Å²) in [5.41, 5.74) is 0.880. The smallest absolute Gasteiger partial charge is 0.329 e. The van der Waals surface area contributed by atoms with Crippen molar-refractivity contribution >= 4 is 17.8 Å². The van der Waals surface area contributed by atoms with Crippen LogP contribution in [0.1, 0.15) is 18.4 Å². The van der Waals surface area contributed by atoms with Crippen LogP contribution < -0.4 is 0 Å². The molecule has 19 heavy (non-hydrogen) atoms. The number of nitrogens with zero attached hydrogens (tertiary/aromatic N) is 1. The first-order valence-electron chi connectivity index (χ1n) is 6.10. The number of carbonyl (C=O) groups is 3. The maximum absolute atomic E-state index is 11.8. The first-order chi connectivity index (χ1) is 9.13. The van der Waals surface area contributed by atoms with Crippen molar-refractivity contribution in [2.75, 3.05) is 7.11 Å². The van der Waals surface area contributed by atoms with E-state index in [0.29, 0.717) is 0 Å². The van der Waals surface area contributed by atoms with Crippen molar-refractivity contribution in [2.24, 2.45) is 0 Å². The molecule has 1 aliphatic rings. The molecule has 2 rings (SSSR count). The Balaban J connectivity index is 2.24. The number of carbonyl (C=O) groups excluding carboxylic acids is 3. The predicted octanol–water partition coefficient (Wildman–Crippen LogP) is 0.920. The standard InChI is InChI=1S/C14H15NO4/c1-19-14(18)11(9-10-5-3-2-4-6-10)15-12(16)7-8-13(15)17/h2-6,11H,7-9H2,1H3/t11-/m0/s1. The molecule has 0 saturated carbocycles. The Bertz CT molecular complexity index is 481. The second-order valence-electron chi connectivity index (χ2n) is 4.39. The summed E-state index contributed by atoms with van der Waals surface area (Å²) in [5, 5.41) is 0. The first kappa shape index (κ1) is 13.3. The number of esters is 1. The molecular formula is C14H15NO4. The fraction of sp³-hybridized carbons (Fsp3) is 0.357. The molecular weight excluding hydrogens is 246 g/mol. The molecule has 1 aliphatic heterocycles. The highest BCUT2D eigenvalue weighted by Crippen LogP contribution is 2.19. The van der Waals surface area contributed by atoms with Crippen LogP contribution in [0.3, 0.4) is 0 Å². The van der Waals surface area contributed by atoms with Crippen LogP contribution in [0.5, 0.6) is 0 Å². The number of amides is 2. The second kappa shape index (κ2) is 5.65. The van der Waals surface area contributed by atoms with Gasteiger partial charge in [0, 0.05) is 19.3 Å². The van der Waals surface area contributed by atoms with Gasteiger partial charge in [0.25, 0.3) is 0 Å². The van der Waals surface area contributed by atoms with E-state index in [-0.39, 0.29) is 31.1 Å². The fourth-order valence-electron chi connectivity index (χ4n) is 2.19. The van der Waals surface area contributed by atoms with Crippen LogP contribution in [0.4, 0.5) is 0 Å². The molecule has 1 atom stereocenters. The number of hydrogen-bond acceptors (Lipinski definition) is 4. The summed E-state index contributed by atoms with van der Waals surface area (Å²) in [6.45, 7) is 0. The lowest BCUT2D eigenvalue weighted by Crippen LogP contribution is -2.46. The molecule has 0 spiro atoms. The topological polar surface area (TPSA) is 63.7 Å². The lowest BCUT2D eigenvalue weighted by molar-refractivity contribution is -0.156. The van der Waals surface area contributed by atoms with Crippen molar-refractivity contribution in [1.29, 1.82) is 0 Å². The normalized spacial score (nSPS) is 16.6. The van der Waals surface area contributed by atoms with Crippen LogP contribution in [-0.4, -0.2) is 35.8 Å². The molecule has 5 nitrogen and oxygen atoms in total. The van der Waals surface area contributed by atoms with Crippen LogP contribution in [-0.2, 0) is 25.5 Å². The van der Waals surface area contributed by atoms with Gasteiger partial charge in [-0.15, -0.1) is 0 Å². The molecule has 1 aromatic carbocycles. The molecule has 0 N–H and O–H groups in total. The molecule has 1 saturated heterocycles. The summed E-state index contributed by atoms with van der Waals surface area (Å²) in [7, 11) is 1.26. The lowest BCUT2D eigenvalue weighted by atomic mass is 10.0. The third-order valence-electron chi connectivity index (χ3n) is 3.15. The zero-order chi connectivity index (χ0) is 13.8. The maximum Gasteiger partial charge on any atom is 0.329 e. The van der Waals surface area contributed by atoms with Gasteiger partial charge in [-0.05, 0) is 5.56 Å². The summed E-state index contributed by atoms with van der Waals surface area (Å²) in [6, 6.07) is 8.38. The Hall–Kier alpha value is -2.17. The van der Waals surface area contributed by atoms with Crippen LogP contribution in [0.15, 0.2) is 30.3 Å².